The Morgan fingerprint density at radius 2 is 1.76 bits per heavy atom. The number of amides is 1. The van der Waals surface area contributed by atoms with Crippen LogP contribution >= 0.6 is 0 Å². The molecule has 2 aromatic carbocycles. The highest BCUT2D eigenvalue weighted by molar-refractivity contribution is 5.85. The number of anilines is 1. The molecule has 0 radical (unpaired) electrons. The normalized spacial score (nSPS) is 12.5. The third-order valence-electron chi connectivity index (χ3n) is 4.50. The van der Waals surface area contributed by atoms with Gasteiger partial charge in [0.25, 0.3) is 0 Å². The Bertz CT molecular complexity index is 923. The monoisotopic (exact) mass is 455 g/mol. The maximum atomic E-state index is 12.6. The average Bonchev–Trinajstić information content (AvgIpc) is 2.84. The van der Waals surface area contributed by atoms with Gasteiger partial charge in [-0.1, -0.05) is 37.8 Å². The van der Waals surface area contributed by atoms with Crippen LogP contribution in [0.15, 0.2) is 73.3 Å². The zero-order valence-corrected chi connectivity index (χ0v) is 18.7. The molecule has 0 spiro atoms. The van der Waals surface area contributed by atoms with E-state index in [-0.39, 0.29) is 25.7 Å². The van der Waals surface area contributed by atoms with Crippen molar-refractivity contribution in [1.82, 2.24) is 0 Å². The van der Waals surface area contributed by atoms with E-state index in [1.54, 1.807) is 61.7 Å². The van der Waals surface area contributed by atoms with Gasteiger partial charge in [0.05, 0.1) is 13.7 Å². The molecule has 0 heterocycles. The molecule has 0 saturated carbocycles. The van der Waals surface area contributed by atoms with Crippen LogP contribution in [0.3, 0.4) is 0 Å². The van der Waals surface area contributed by atoms with Gasteiger partial charge in [0.15, 0.2) is 0 Å². The summed E-state index contributed by atoms with van der Waals surface area (Å²) >= 11 is 0. The Balaban J connectivity index is 2.15. The number of benzene rings is 2. The van der Waals surface area contributed by atoms with Crippen molar-refractivity contribution in [3.8, 4) is 11.5 Å². The lowest BCUT2D eigenvalue weighted by molar-refractivity contribution is -0.136. The number of carbonyl (C=O) groups is 2. The number of aliphatic hydroxyl groups excluding tert-OH is 1. The fraction of sp³-hybridized carbons (Fsp3) is 0.280. The number of nitrogens with one attached hydrogen (secondary N) is 1. The van der Waals surface area contributed by atoms with E-state index in [1.807, 2.05) is 6.92 Å². The van der Waals surface area contributed by atoms with E-state index in [4.69, 9.17) is 24.1 Å². The van der Waals surface area contributed by atoms with Crippen LogP contribution in [-0.2, 0) is 14.3 Å². The van der Waals surface area contributed by atoms with Crippen molar-refractivity contribution >= 4 is 17.7 Å². The van der Waals surface area contributed by atoms with Crippen molar-refractivity contribution in [2.24, 2.45) is 5.92 Å². The lowest BCUT2D eigenvalue weighted by Gasteiger charge is -2.23. The first kappa shape index (κ1) is 25.5. The lowest BCUT2D eigenvalue weighted by Crippen LogP contribution is -2.21. The maximum absolute atomic E-state index is 12.6. The molecular weight excluding hydrogens is 426 g/mol. The Morgan fingerprint density at radius 1 is 1.09 bits per heavy atom. The Labute approximate surface area is 193 Å². The van der Waals surface area contributed by atoms with Crippen molar-refractivity contribution < 1.29 is 33.6 Å². The highest BCUT2D eigenvalue weighted by Crippen LogP contribution is 2.29. The molecule has 8 heteroatoms. The fourth-order valence-corrected chi connectivity index (χ4v) is 2.85. The van der Waals surface area contributed by atoms with E-state index in [2.05, 4.69) is 11.9 Å². The molecule has 2 aromatic rings. The highest BCUT2D eigenvalue weighted by Gasteiger charge is 2.23. The second-order valence-corrected chi connectivity index (χ2v) is 6.96. The summed E-state index contributed by atoms with van der Waals surface area (Å²) in [7, 11) is 1.56. The van der Waals surface area contributed by atoms with Crippen molar-refractivity contribution in [3.63, 3.8) is 0 Å². The highest BCUT2D eigenvalue weighted by atomic mass is 16.6. The Morgan fingerprint density at radius 3 is 2.36 bits per heavy atom. The molecule has 0 bridgehead atoms. The van der Waals surface area contributed by atoms with Crippen LogP contribution in [0.2, 0.25) is 0 Å². The minimum absolute atomic E-state index is 0.0944. The summed E-state index contributed by atoms with van der Waals surface area (Å²) in [5, 5.41) is 11.6. The van der Waals surface area contributed by atoms with Crippen molar-refractivity contribution in [3.05, 3.63) is 78.9 Å². The number of aliphatic hydroxyl groups is 1. The lowest BCUT2D eigenvalue weighted by atomic mass is 9.96. The minimum Gasteiger partial charge on any atom is -0.497 e. The number of hydrogen-bond acceptors (Lipinski definition) is 7. The van der Waals surface area contributed by atoms with Crippen LogP contribution in [0.25, 0.3) is 0 Å². The van der Waals surface area contributed by atoms with Crippen molar-refractivity contribution in [2.75, 3.05) is 32.2 Å². The topological polar surface area (TPSA) is 103 Å². The summed E-state index contributed by atoms with van der Waals surface area (Å²) in [5.41, 5.74) is 1.25. The predicted octanol–water partition coefficient (Wildman–Crippen LogP) is 4.28. The van der Waals surface area contributed by atoms with Crippen LogP contribution in [0.1, 0.15) is 18.6 Å². The van der Waals surface area contributed by atoms with E-state index < -0.39 is 18.2 Å². The molecule has 2 rings (SSSR count). The quantitative estimate of drug-likeness (QED) is 0.280. The van der Waals surface area contributed by atoms with E-state index in [0.717, 1.165) is 0 Å². The molecule has 0 aromatic heterocycles. The first-order chi connectivity index (χ1) is 16.0. The van der Waals surface area contributed by atoms with Crippen LogP contribution in [-0.4, -0.2) is 44.1 Å². The smallest absolute Gasteiger partial charge is 0.412 e. The van der Waals surface area contributed by atoms with Gasteiger partial charge >= 0.3 is 12.1 Å². The molecule has 176 valence electrons. The van der Waals surface area contributed by atoms with Gasteiger partial charge in [0, 0.05) is 17.7 Å². The molecule has 33 heavy (non-hydrogen) atoms. The number of esters is 1. The standard InChI is InChI=1S/C25H29NO7/c1-4-16-32-23(28)14-5-18(2)24(19-6-10-22(11-7-19)31-17-15-27)33-25(29)26-20-8-12-21(30-3)13-9-20/h4-14,18,24,27H,1,15-17H2,2-3H3,(H,26,29)/b14-5+/t18-,24+/m0/s1. The molecule has 0 aliphatic carbocycles. The summed E-state index contributed by atoms with van der Waals surface area (Å²) in [6.07, 6.45) is 3.04. The van der Waals surface area contributed by atoms with Crippen LogP contribution < -0.4 is 14.8 Å². The number of methoxy groups -OCH3 is 1. The maximum Gasteiger partial charge on any atom is 0.412 e. The molecule has 0 saturated heterocycles. The molecule has 0 aliphatic heterocycles. The van der Waals surface area contributed by atoms with E-state index in [1.165, 1.54) is 12.2 Å². The van der Waals surface area contributed by atoms with Gasteiger partial charge in [-0.2, -0.15) is 0 Å². The van der Waals surface area contributed by atoms with Crippen molar-refractivity contribution in [2.45, 2.75) is 13.0 Å². The van der Waals surface area contributed by atoms with Gasteiger partial charge in [-0.3, -0.25) is 5.32 Å². The van der Waals surface area contributed by atoms with E-state index in [9.17, 15) is 9.59 Å². The average molecular weight is 456 g/mol. The van der Waals surface area contributed by atoms with Crippen LogP contribution in [0, 0.1) is 5.92 Å². The van der Waals surface area contributed by atoms with Gasteiger partial charge in [-0.25, -0.2) is 9.59 Å². The number of carbonyl (C=O) groups excluding carboxylic acids is 2. The van der Waals surface area contributed by atoms with Crippen LogP contribution in [0.5, 0.6) is 11.5 Å². The number of hydrogen-bond donors (Lipinski definition) is 2. The van der Waals surface area contributed by atoms with E-state index >= 15 is 0 Å². The first-order valence-corrected chi connectivity index (χ1v) is 10.4. The van der Waals surface area contributed by atoms with Gasteiger partial charge in [-0.15, -0.1) is 0 Å². The Kier molecular flexibility index (Phi) is 10.5. The molecular formula is C25H29NO7. The SMILES string of the molecule is C=CCOC(=O)/C=C/[C@H](C)[C@@H](OC(=O)Nc1ccc(OC)cc1)c1ccc(OCCO)cc1. The second-order valence-electron chi connectivity index (χ2n) is 6.96. The minimum atomic E-state index is -0.696. The zero-order valence-electron chi connectivity index (χ0n) is 18.7. The van der Waals surface area contributed by atoms with Crippen LogP contribution in [0.4, 0.5) is 10.5 Å². The van der Waals surface area contributed by atoms with Gasteiger partial charge in [-0.05, 0) is 42.0 Å². The fourth-order valence-electron chi connectivity index (χ4n) is 2.85. The third-order valence-corrected chi connectivity index (χ3v) is 4.50. The molecule has 0 unspecified atom stereocenters. The van der Waals surface area contributed by atoms with Gasteiger partial charge in [0.2, 0.25) is 0 Å². The molecule has 2 N–H and O–H groups in total. The van der Waals surface area contributed by atoms with Gasteiger partial charge in [0.1, 0.15) is 30.8 Å². The zero-order chi connectivity index (χ0) is 24.1. The molecule has 8 nitrogen and oxygen atoms in total. The molecule has 0 aliphatic rings. The Hall–Kier alpha value is -3.78. The van der Waals surface area contributed by atoms with Crippen molar-refractivity contribution in [1.29, 1.82) is 0 Å². The summed E-state index contributed by atoms with van der Waals surface area (Å²) in [6.45, 7) is 5.51. The molecule has 2 atom stereocenters. The van der Waals surface area contributed by atoms with E-state index in [0.29, 0.717) is 22.7 Å². The summed E-state index contributed by atoms with van der Waals surface area (Å²) in [5.74, 6) is 0.367. The van der Waals surface area contributed by atoms with Gasteiger partial charge < -0.3 is 24.1 Å². The predicted molar refractivity (Wildman–Crippen MR) is 124 cm³/mol. The largest absolute Gasteiger partial charge is 0.497 e. The summed E-state index contributed by atoms with van der Waals surface area (Å²) in [4.78, 5) is 24.4. The number of ether oxygens (including phenoxy) is 4. The number of rotatable bonds is 12. The second kappa shape index (κ2) is 13.6. The summed E-state index contributed by atoms with van der Waals surface area (Å²) < 4.78 is 21.2. The third kappa shape index (κ3) is 8.70. The summed E-state index contributed by atoms with van der Waals surface area (Å²) in [6, 6.07) is 13.8. The first-order valence-electron chi connectivity index (χ1n) is 10.4. The molecule has 1 amide bonds. The molecule has 0 fully saturated rings.